The minimum atomic E-state index is -4.00. The van der Waals surface area contributed by atoms with Crippen molar-refractivity contribution < 1.29 is 13.2 Å². The molecule has 0 aliphatic rings. The molecule has 1 N–H and O–H groups in total. The molecule has 0 aliphatic carbocycles. The first-order chi connectivity index (χ1) is 18.6. The van der Waals surface area contributed by atoms with Gasteiger partial charge in [-0.1, -0.05) is 71.2 Å². The third-order valence-corrected chi connectivity index (χ3v) is 8.88. The van der Waals surface area contributed by atoms with Crippen LogP contribution in [0.25, 0.3) is 5.69 Å². The zero-order valence-electron chi connectivity index (χ0n) is 21.1. The number of hydrazone groups is 1. The Morgan fingerprint density at radius 3 is 2.36 bits per heavy atom. The van der Waals surface area contributed by atoms with E-state index in [-0.39, 0.29) is 11.4 Å². The lowest BCUT2D eigenvalue weighted by Gasteiger charge is -2.21. The average Bonchev–Trinajstić information content (AvgIpc) is 3.18. The molecule has 0 spiro atoms. The van der Waals surface area contributed by atoms with Gasteiger partial charge in [0.25, 0.3) is 5.91 Å². The zero-order chi connectivity index (χ0) is 28.2. The Morgan fingerprint density at radius 1 is 0.974 bits per heavy atom. The van der Waals surface area contributed by atoms with E-state index in [2.05, 4.69) is 10.5 Å². The first-order valence-corrected chi connectivity index (χ1v) is 14.4. The van der Waals surface area contributed by atoms with Crippen molar-refractivity contribution in [3.63, 3.8) is 0 Å². The van der Waals surface area contributed by atoms with Gasteiger partial charge < -0.3 is 4.57 Å². The molecule has 0 unspecified atom stereocenters. The summed E-state index contributed by atoms with van der Waals surface area (Å²) < 4.78 is 29.8. The summed E-state index contributed by atoms with van der Waals surface area (Å²) in [5.74, 6) is -0.591. The van der Waals surface area contributed by atoms with Crippen LogP contribution in [-0.2, 0) is 21.4 Å². The molecule has 4 rings (SSSR count). The summed E-state index contributed by atoms with van der Waals surface area (Å²) in [4.78, 5) is 12.9. The molecule has 0 bridgehead atoms. The van der Waals surface area contributed by atoms with Gasteiger partial charge in [-0.15, -0.1) is 0 Å². The van der Waals surface area contributed by atoms with Crippen LogP contribution in [0.2, 0.25) is 15.1 Å². The smallest absolute Gasteiger partial charge is 0.255 e. The van der Waals surface area contributed by atoms with Crippen molar-refractivity contribution in [2.24, 2.45) is 5.10 Å². The van der Waals surface area contributed by atoms with E-state index in [0.717, 1.165) is 32.5 Å². The van der Waals surface area contributed by atoms with Crippen molar-refractivity contribution in [3.05, 3.63) is 116 Å². The Kier molecular flexibility index (Phi) is 9.15. The molecule has 11 heteroatoms. The molecule has 1 heterocycles. The predicted molar refractivity (Wildman–Crippen MR) is 156 cm³/mol. The fourth-order valence-electron chi connectivity index (χ4n) is 4.09. The maximum Gasteiger partial charge on any atom is 0.255 e. The first kappa shape index (κ1) is 28.9. The summed E-state index contributed by atoms with van der Waals surface area (Å²) in [6, 6.07) is 22.1. The summed E-state index contributed by atoms with van der Waals surface area (Å²) >= 11 is 18.5. The molecular weight excluding hydrogens is 579 g/mol. The Labute approximate surface area is 242 Å². The predicted octanol–water partition coefficient (Wildman–Crippen LogP) is 6.40. The van der Waals surface area contributed by atoms with Crippen LogP contribution < -0.4 is 5.43 Å². The van der Waals surface area contributed by atoms with E-state index in [9.17, 15) is 13.2 Å². The second-order valence-corrected chi connectivity index (χ2v) is 11.9. The van der Waals surface area contributed by atoms with Crippen LogP contribution in [-0.4, -0.2) is 36.0 Å². The number of aryl methyl sites for hydroxylation is 1. The number of amides is 1. The summed E-state index contributed by atoms with van der Waals surface area (Å²) in [5, 5.41) is 5.36. The lowest BCUT2D eigenvalue weighted by atomic mass is 10.2. The molecule has 202 valence electrons. The van der Waals surface area contributed by atoms with Gasteiger partial charge in [-0.2, -0.15) is 9.41 Å². The highest BCUT2D eigenvalue weighted by Crippen LogP contribution is 2.31. The Morgan fingerprint density at radius 2 is 1.67 bits per heavy atom. The number of sulfonamides is 1. The molecule has 0 radical (unpaired) electrons. The SMILES string of the molecule is Cc1cc(/C=N/NC(=O)CN(Cc2ccccc2)S(=O)(=O)c2ccc(Cl)cc2)c(C)n1-c1cccc(Cl)c1Cl. The summed E-state index contributed by atoms with van der Waals surface area (Å²) in [6.45, 7) is 3.38. The second kappa shape index (κ2) is 12.4. The van der Waals surface area contributed by atoms with E-state index < -0.39 is 22.5 Å². The number of hydrogen-bond donors (Lipinski definition) is 1. The molecule has 0 saturated heterocycles. The van der Waals surface area contributed by atoms with Gasteiger partial charge in [0.15, 0.2) is 0 Å². The number of rotatable bonds is 9. The van der Waals surface area contributed by atoms with Gasteiger partial charge in [-0.3, -0.25) is 4.79 Å². The van der Waals surface area contributed by atoms with Gasteiger partial charge in [0.2, 0.25) is 10.0 Å². The highest BCUT2D eigenvalue weighted by Gasteiger charge is 2.27. The molecule has 39 heavy (non-hydrogen) atoms. The number of halogens is 3. The highest BCUT2D eigenvalue weighted by atomic mass is 35.5. The standard InChI is InChI=1S/C28H25Cl3N4O3S/c1-19-15-22(20(2)35(19)26-10-6-9-25(30)28(26)31)16-32-33-27(36)18-34(17-21-7-4-3-5-8-21)39(37,38)24-13-11-23(29)12-14-24/h3-16H,17-18H2,1-2H3,(H,33,36)/b32-16+. The largest absolute Gasteiger partial charge is 0.316 e. The maximum absolute atomic E-state index is 13.4. The van der Waals surface area contributed by atoms with E-state index in [1.165, 1.54) is 30.5 Å². The van der Waals surface area contributed by atoms with E-state index in [1.807, 2.05) is 42.7 Å². The quantitative estimate of drug-likeness (QED) is 0.178. The highest BCUT2D eigenvalue weighted by molar-refractivity contribution is 7.89. The number of benzene rings is 3. The zero-order valence-corrected chi connectivity index (χ0v) is 24.2. The number of nitrogens with zero attached hydrogens (tertiary/aromatic N) is 3. The topological polar surface area (TPSA) is 83.8 Å². The Hall–Kier alpha value is -3.14. The van der Waals surface area contributed by atoms with Crippen molar-refractivity contribution in [3.8, 4) is 5.69 Å². The van der Waals surface area contributed by atoms with Gasteiger partial charge in [0.05, 0.1) is 33.4 Å². The monoisotopic (exact) mass is 602 g/mol. The fourth-order valence-corrected chi connectivity index (χ4v) is 5.98. The van der Waals surface area contributed by atoms with Crippen LogP contribution in [0.4, 0.5) is 0 Å². The van der Waals surface area contributed by atoms with E-state index in [0.29, 0.717) is 15.1 Å². The normalized spacial score (nSPS) is 11.8. The van der Waals surface area contributed by atoms with Crippen LogP contribution in [0.5, 0.6) is 0 Å². The molecule has 0 fully saturated rings. The third-order valence-electron chi connectivity index (χ3n) is 6.01. The van der Waals surface area contributed by atoms with E-state index >= 15 is 0 Å². The minimum absolute atomic E-state index is 0.00445. The number of carbonyl (C=O) groups is 1. The second-order valence-electron chi connectivity index (χ2n) is 8.74. The van der Waals surface area contributed by atoms with Crippen LogP contribution >= 0.6 is 34.8 Å². The van der Waals surface area contributed by atoms with Crippen LogP contribution in [0, 0.1) is 13.8 Å². The van der Waals surface area contributed by atoms with Crippen molar-refractivity contribution in [1.29, 1.82) is 0 Å². The number of nitrogens with one attached hydrogen (secondary N) is 1. The minimum Gasteiger partial charge on any atom is -0.316 e. The summed E-state index contributed by atoms with van der Waals surface area (Å²) in [5.41, 5.74) is 6.39. The maximum atomic E-state index is 13.4. The first-order valence-electron chi connectivity index (χ1n) is 11.8. The lowest BCUT2D eigenvalue weighted by molar-refractivity contribution is -0.121. The molecular formula is C28H25Cl3N4O3S. The van der Waals surface area contributed by atoms with E-state index in [1.54, 1.807) is 30.3 Å². The van der Waals surface area contributed by atoms with Gasteiger partial charge in [-0.05, 0) is 61.9 Å². The summed E-state index contributed by atoms with van der Waals surface area (Å²) in [7, 11) is -4.00. The molecule has 7 nitrogen and oxygen atoms in total. The molecule has 4 aromatic rings. The van der Waals surface area contributed by atoms with Gasteiger partial charge in [0.1, 0.15) is 0 Å². The number of hydrogen-bond acceptors (Lipinski definition) is 4. The molecule has 0 atom stereocenters. The number of carbonyl (C=O) groups excluding carboxylic acids is 1. The third kappa shape index (κ3) is 6.72. The van der Waals surface area contributed by atoms with Crippen LogP contribution in [0.15, 0.2) is 88.9 Å². The van der Waals surface area contributed by atoms with Crippen molar-refractivity contribution in [2.45, 2.75) is 25.3 Å². The number of aromatic nitrogens is 1. The molecule has 3 aromatic carbocycles. The summed E-state index contributed by atoms with van der Waals surface area (Å²) in [6.07, 6.45) is 1.50. The Bertz CT molecular complexity index is 1620. The van der Waals surface area contributed by atoms with Gasteiger partial charge >= 0.3 is 0 Å². The van der Waals surface area contributed by atoms with Crippen molar-refractivity contribution in [2.75, 3.05) is 6.54 Å². The molecule has 0 aliphatic heterocycles. The van der Waals surface area contributed by atoms with E-state index in [4.69, 9.17) is 34.8 Å². The molecule has 0 saturated carbocycles. The molecule has 1 amide bonds. The average molecular weight is 604 g/mol. The van der Waals surface area contributed by atoms with Gasteiger partial charge in [0, 0.05) is 28.5 Å². The van der Waals surface area contributed by atoms with Crippen LogP contribution in [0.3, 0.4) is 0 Å². The Balaban J connectivity index is 1.53. The van der Waals surface area contributed by atoms with Gasteiger partial charge in [-0.25, -0.2) is 13.8 Å². The van der Waals surface area contributed by atoms with Crippen LogP contribution in [0.1, 0.15) is 22.5 Å². The molecule has 1 aromatic heterocycles. The fraction of sp³-hybridized carbons (Fsp3) is 0.143. The lowest BCUT2D eigenvalue weighted by Crippen LogP contribution is -2.39. The van der Waals surface area contributed by atoms with Crippen molar-refractivity contribution in [1.82, 2.24) is 14.3 Å². The van der Waals surface area contributed by atoms with Crippen molar-refractivity contribution >= 4 is 56.9 Å².